The number of amides is 1. The van der Waals surface area contributed by atoms with Crippen LogP contribution < -0.4 is 5.32 Å². The van der Waals surface area contributed by atoms with Gasteiger partial charge in [0, 0.05) is 11.7 Å². The summed E-state index contributed by atoms with van der Waals surface area (Å²) in [5, 5.41) is 13.3. The fraction of sp³-hybridized carbons (Fsp3) is 0.769. The largest absolute Gasteiger partial charge is 0.300 e. The molecule has 4 nitrogen and oxygen atoms in total. The first kappa shape index (κ1) is 14.8. The first-order valence-electron chi connectivity index (χ1n) is 7.01. The first-order chi connectivity index (χ1) is 9.28. The normalized spacial score (nSPS) is 15.8. The second-order valence-electron chi connectivity index (χ2n) is 4.87. The molecule has 1 N–H and O–H groups in total. The molecule has 1 heterocycles. The number of nitrogens with one attached hydrogen (secondary N) is 1. The van der Waals surface area contributed by atoms with Gasteiger partial charge in [-0.25, -0.2) is 0 Å². The van der Waals surface area contributed by atoms with Crippen LogP contribution in [0.25, 0.3) is 0 Å². The summed E-state index contributed by atoms with van der Waals surface area (Å²) in [6.45, 7) is 2.16. The van der Waals surface area contributed by atoms with E-state index < -0.39 is 0 Å². The Bertz CT molecular complexity index is 402. The Hall–Kier alpha value is -0.620. The fourth-order valence-electron chi connectivity index (χ4n) is 2.14. The number of hydrogen-bond acceptors (Lipinski definition) is 5. The van der Waals surface area contributed by atoms with Crippen molar-refractivity contribution >= 4 is 34.1 Å². The molecule has 1 saturated carbocycles. The van der Waals surface area contributed by atoms with Crippen LogP contribution in [0.1, 0.15) is 50.5 Å². The van der Waals surface area contributed by atoms with E-state index in [1.807, 2.05) is 0 Å². The Balaban J connectivity index is 1.70. The zero-order valence-corrected chi connectivity index (χ0v) is 13.0. The lowest BCUT2D eigenvalue weighted by Gasteiger charge is -2.07. The molecule has 106 valence electrons. The summed E-state index contributed by atoms with van der Waals surface area (Å²) in [5.41, 5.74) is 0. The average Bonchev–Trinajstić information content (AvgIpc) is 3.05. The van der Waals surface area contributed by atoms with E-state index in [1.54, 1.807) is 11.8 Å². The molecule has 0 aliphatic heterocycles. The molecule has 1 aliphatic carbocycles. The molecule has 0 bridgehead atoms. The van der Waals surface area contributed by atoms with Gasteiger partial charge in [-0.2, -0.15) is 0 Å². The molecule has 0 atom stereocenters. The minimum Gasteiger partial charge on any atom is -0.300 e. The second-order valence-corrected chi connectivity index (χ2v) is 7.22. The molecule has 1 fully saturated rings. The van der Waals surface area contributed by atoms with Gasteiger partial charge in [0.1, 0.15) is 5.01 Å². The summed E-state index contributed by atoms with van der Waals surface area (Å²) in [6.07, 6.45) is 8.39. The number of thioether (sulfide) groups is 1. The Morgan fingerprint density at radius 1 is 1.42 bits per heavy atom. The molecular formula is C13H21N3OS2. The second kappa shape index (κ2) is 7.85. The number of hydrogen-bond donors (Lipinski definition) is 1. The van der Waals surface area contributed by atoms with Crippen molar-refractivity contribution in [2.45, 2.75) is 57.1 Å². The molecular weight excluding hydrogens is 278 g/mol. The van der Waals surface area contributed by atoms with Gasteiger partial charge in [-0.3, -0.25) is 10.1 Å². The molecule has 2 rings (SSSR count). The van der Waals surface area contributed by atoms with E-state index in [-0.39, 0.29) is 5.91 Å². The number of rotatable bonds is 7. The lowest BCUT2D eigenvalue weighted by Crippen LogP contribution is -2.15. The van der Waals surface area contributed by atoms with Gasteiger partial charge >= 0.3 is 0 Å². The lowest BCUT2D eigenvalue weighted by molar-refractivity contribution is -0.113. The van der Waals surface area contributed by atoms with Crippen molar-refractivity contribution in [2.24, 2.45) is 0 Å². The third-order valence-electron chi connectivity index (χ3n) is 3.21. The Morgan fingerprint density at radius 3 is 2.95 bits per heavy atom. The fourth-order valence-corrected chi connectivity index (χ4v) is 4.06. The number of unbranched alkanes of at least 4 members (excludes halogenated alkanes) is 1. The van der Waals surface area contributed by atoms with E-state index in [0.717, 1.165) is 24.3 Å². The average molecular weight is 299 g/mol. The number of aryl methyl sites for hydroxylation is 1. The van der Waals surface area contributed by atoms with Crippen LogP contribution >= 0.6 is 23.1 Å². The predicted molar refractivity (Wildman–Crippen MR) is 81.9 cm³/mol. The number of carbonyl (C=O) groups excluding carboxylic acids is 1. The number of anilines is 1. The molecule has 0 spiro atoms. The highest BCUT2D eigenvalue weighted by Crippen LogP contribution is 2.29. The summed E-state index contributed by atoms with van der Waals surface area (Å²) in [5.74, 6) is 0.587. The first-order valence-corrected chi connectivity index (χ1v) is 8.88. The predicted octanol–water partition coefficient (Wildman–Crippen LogP) is 3.50. The molecule has 6 heteroatoms. The maximum atomic E-state index is 11.8. The Morgan fingerprint density at radius 2 is 2.21 bits per heavy atom. The third kappa shape index (κ3) is 5.10. The van der Waals surface area contributed by atoms with E-state index in [2.05, 4.69) is 22.4 Å². The molecule has 19 heavy (non-hydrogen) atoms. The van der Waals surface area contributed by atoms with Gasteiger partial charge in [0.2, 0.25) is 11.0 Å². The summed E-state index contributed by atoms with van der Waals surface area (Å²) in [7, 11) is 0. The topological polar surface area (TPSA) is 54.9 Å². The van der Waals surface area contributed by atoms with Crippen LogP contribution in [0.4, 0.5) is 5.13 Å². The maximum absolute atomic E-state index is 11.8. The van der Waals surface area contributed by atoms with E-state index in [4.69, 9.17) is 0 Å². The SMILES string of the molecule is CCCCc1nnc(NC(=O)CSC2CCCC2)s1. The van der Waals surface area contributed by atoms with Crippen LogP contribution in [0, 0.1) is 0 Å². The highest BCUT2D eigenvalue weighted by molar-refractivity contribution is 8.00. The van der Waals surface area contributed by atoms with Gasteiger partial charge in [-0.05, 0) is 19.3 Å². The zero-order chi connectivity index (χ0) is 13.5. The molecule has 1 amide bonds. The lowest BCUT2D eigenvalue weighted by atomic mass is 10.3. The summed E-state index contributed by atoms with van der Waals surface area (Å²) in [4.78, 5) is 11.8. The van der Waals surface area contributed by atoms with E-state index in [0.29, 0.717) is 16.1 Å². The van der Waals surface area contributed by atoms with E-state index in [9.17, 15) is 4.79 Å². The molecule has 0 unspecified atom stereocenters. The molecule has 0 aromatic carbocycles. The minimum absolute atomic E-state index is 0.0510. The van der Waals surface area contributed by atoms with Crippen molar-refractivity contribution in [2.75, 3.05) is 11.1 Å². The van der Waals surface area contributed by atoms with Gasteiger partial charge in [-0.1, -0.05) is 37.5 Å². The monoisotopic (exact) mass is 299 g/mol. The highest BCUT2D eigenvalue weighted by Gasteiger charge is 2.17. The highest BCUT2D eigenvalue weighted by atomic mass is 32.2. The zero-order valence-electron chi connectivity index (χ0n) is 11.4. The van der Waals surface area contributed by atoms with Crippen LogP contribution in [0.3, 0.4) is 0 Å². The molecule has 1 aliphatic rings. The van der Waals surface area contributed by atoms with Crippen molar-refractivity contribution in [3.05, 3.63) is 5.01 Å². The quantitative estimate of drug-likeness (QED) is 0.837. The summed E-state index contributed by atoms with van der Waals surface area (Å²) >= 11 is 3.27. The molecule has 1 aromatic heterocycles. The van der Waals surface area contributed by atoms with Gasteiger partial charge in [0.15, 0.2) is 0 Å². The summed E-state index contributed by atoms with van der Waals surface area (Å²) < 4.78 is 0. The van der Waals surface area contributed by atoms with Crippen LogP contribution in [-0.4, -0.2) is 27.1 Å². The van der Waals surface area contributed by atoms with Gasteiger partial charge in [-0.15, -0.1) is 22.0 Å². The van der Waals surface area contributed by atoms with E-state index in [1.165, 1.54) is 37.0 Å². The van der Waals surface area contributed by atoms with Crippen LogP contribution in [0.2, 0.25) is 0 Å². The van der Waals surface area contributed by atoms with Gasteiger partial charge in [0.05, 0.1) is 5.75 Å². The molecule has 1 aromatic rings. The number of carbonyl (C=O) groups is 1. The third-order valence-corrected chi connectivity index (χ3v) is 5.48. The van der Waals surface area contributed by atoms with Crippen molar-refractivity contribution in [3.63, 3.8) is 0 Å². The van der Waals surface area contributed by atoms with Crippen molar-refractivity contribution in [1.29, 1.82) is 0 Å². The van der Waals surface area contributed by atoms with Crippen molar-refractivity contribution in [3.8, 4) is 0 Å². The Kier molecular flexibility index (Phi) is 6.10. The molecule has 0 saturated heterocycles. The van der Waals surface area contributed by atoms with Crippen molar-refractivity contribution in [1.82, 2.24) is 10.2 Å². The van der Waals surface area contributed by atoms with Crippen LogP contribution in [0.15, 0.2) is 0 Å². The Labute approximate surface area is 122 Å². The molecule has 0 radical (unpaired) electrons. The smallest absolute Gasteiger partial charge is 0.236 e. The van der Waals surface area contributed by atoms with E-state index >= 15 is 0 Å². The van der Waals surface area contributed by atoms with Crippen LogP contribution in [-0.2, 0) is 11.2 Å². The maximum Gasteiger partial charge on any atom is 0.236 e. The number of nitrogens with zero attached hydrogens (tertiary/aromatic N) is 2. The van der Waals surface area contributed by atoms with Crippen LogP contribution in [0.5, 0.6) is 0 Å². The van der Waals surface area contributed by atoms with Gasteiger partial charge in [0.25, 0.3) is 0 Å². The standard InChI is InChI=1S/C13H21N3OS2/c1-2-3-8-12-15-16-13(19-12)14-11(17)9-18-10-6-4-5-7-10/h10H,2-9H2,1H3,(H,14,16,17). The minimum atomic E-state index is 0.0510. The van der Waals surface area contributed by atoms with Gasteiger partial charge < -0.3 is 0 Å². The van der Waals surface area contributed by atoms with Crippen molar-refractivity contribution < 1.29 is 4.79 Å². The summed E-state index contributed by atoms with van der Waals surface area (Å²) in [6, 6.07) is 0. The number of aromatic nitrogens is 2.